The second-order valence-electron chi connectivity index (χ2n) is 6.28. The average Bonchev–Trinajstić information content (AvgIpc) is 3.10. The third-order valence-corrected chi connectivity index (χ3v) is 4.42. The van der Waals surface area contributed by atoms with E-state index in [1.807, 2.05) is 6.92 Å². The Bertz CT molecular complexity index is 633. The number of piperidine rings is 1. The highest BCUT2D eigenvalue weighted by atomic mass is 16.5. The van der Waals surface area contributed by atoms with E-state index in [-0.39, 0.29) is 0 Å². The molecule has 118 valence electrons. The Morgan fingerprint density at radius 2 is 2.00 bits per heavy atom. The number of hydrogen-bond donors (Lipinski definition) is 0. The van der Waals surface area contributed by atoms with E-state index in [9.17, 15) is 0 Å². The first-order chi connectivity index (χ1) is 10.8. The normalized spacial score (nSPS) is 23.0. The minimum Gasteiger partial charge on any atom is -0.424 e. The first-order valence-electron chi connectivity index (χ1n) is 8.19. The fourth-order valence-corrected chi connectivity index (χ4v) is 3.01. The molecule has 0 bridgehead atoms. The standard InChI is InChI=1S/C15H21N5O2/c1-2-12-17-18-13(21-12)9-20-7-3-4-11(8-20)14-16-15(22-19-14)10-5-6-10/h10-11H,2-9H2,1H3/t11-/m0/s1. The van der Waals surface area contributed by atoms with Crippen molar-refractivity contribution in [1.82, 2.24) is 25.2 Å². The van der Waals surface area contributed by atoms with E-state index in [4.69, 9.17) is 8.94 Å². The molecule has 1 saturated carbocycles. The third-order valence-electron chi connectivity index (χ3n) is 4.42. The summed E-state index contributed by atoms with van der Waals surface area (Å²) >= 11 is 0. The highest BCUT2D eigenvalue weighted by molar-refractivity contribution is 5.05. The lowest BCUT2D eigenvalue weighted by atomic mass is 9.97. The smallest absolute Gasteiger partial charge is 0.230 e. The lowest BCUT2D eigenvalue weighted by Crippen LogP contribution is -2.34. The van der Waals surface area contributed by atoms with Crippen LogP contribution in [0.5, 0.6) is 0 Å². The Morgan fingerprint density at radius 1 is 1.14 bits per heavy atom. The zero-order valence-corrected chi connectivity index (χ0v) is 12.9. The van der Waals surface area contributed by atoms with Crippen molar-refractivity contribution < 1.29 is 8.94 Å². The highest BCUT2D eigenvalue weighted by Gasteiger charge is 2.32. The van der Waals surface area contributed by atoms with Crippen LogP contribution in [0.25, 0.3) is 0 Å². The molecule has 1 aliphatic heterocycles. The Labute approximate surface area is 129 Å². The van der Waals surface area contributed by atoms with Gasteiger partial charge >= 0.3 is 0 Å². The van der Waals surface area contributed by atoms with Crippen LogP contribution in [0.1, 0.15) is 67.9 Å². The van der Waals surface area contributed by atoms with Crippen molar-refractivity contribution in [3.8, 4) is 0 Å². The molecule has 2 aromatic heterocycles. The van der Waals surface area contributed by atoms with Crippen molar-refractivity contribution in [2.45, 2.75) is 57.4 Å². The second-order valence-corrected chi connectivity index (χ2v) is 6.28. The lowest BCUT2D eigenvalue weighted by Gasteiger charge is -2.29. The maximum Gasteiger partial charge on any atom is 0.230 e. The first kappa shape index (κ1) is 13.9. The monoisotopic (exact) mass is 303 g/mol. The number of aryl methyl sites for hydroxylation is 1. The Balaban J connectivity index is 1.40. The molecule has 0 unspecified atom stereocenters. The van der Waals surface area contributed by atoms with Crippen molar-refractivity contribution >= 4 is 0 Å². The molecule has 4 rings (SSSR count). The van der Waals surface area contributed by atoms with Gasteiger partial charge in [-0.3, -0.25) is 4.90 Å². The van der Waals surface area contributed by atoms with Gasteiger partial charge in [0.2, 0.25) is 17.7 Å². The predicted molar refractivity (Wildman–Crippen MR) is 77.2 cm³/mol. The Hall–Kier alpha value is -1.76. The lowest BCUT2D eigenvalue weighted by molar-refractivity contribution is 0.178. The van der Waals surface area contributed by atoms with Gasteiger partial charge in [0.25, 0.3) is 0 Å². The molecule has 3 heterocycles. The van der Waals surface area contributed by atoms with E-state index in [0.717, 1.165) is 44.1 Å². The summed E-state index contributed by atoms with van der Waals surface area (Å²) in [5.41, 5.74) is 0. The minimum absolute atomic E-state index is 0.346. The van der Waals surface area contributed by atoms with E-state index < -0.39 is 0 Å². The van der Waals surface area contributed by atoms with Crippen LogP contribution in [-0.4, -0.2) is 38.3 Å². The summed E-state index contributed by atoms with van der Waals surface area (Å²) in [6, 6.07) is 0. The van der Waals surface area contributed by atoms with E-state index >= 15 is 0 Å². The summed E-state index contributed by atoms with van der Waals surface area (Å²) in [5.74, 6) is 3.97. The zero-order chi connectivity index (χ0) is 14.9. The molecule has 1 aliphatic carbocycles. The summed E-state index contributed by atoms with van der Waals surface area (Å²) in [5, 5.41) is 12.3. The van der Waals surface area contributed by atoms with Gasteiger partial charge in [-0.05, 0) is 32.2 Å². The van der Waals surface area contributed by atoms with Crippen LogP contribution in [-0.2, 0) is 13.0 Å². The third kappa shape index (κ3) is 2.90. The summed E-state index contributed by atoms with van der Waals surface area (Å²) in [4.78, 5) is 6.94. The number of likely N-dealkylation sites (tertiary alicyclic amines) is 1. The molecular weight excluding hydrogens is 282 g/mol. The van der Waals surface area contributed by atoms with Gasteiger partial charge in [-0.15, -0.1) is 10.2 Å². The predicted octanol–water partition coefficient (Wildman–Crippen LogP) is 2.27. The van der Waals surface area contributed by atoms with E-state index in [1.165, 1.54) is 12.8 Å². The number of hydrogen-bond acceptors (Lipinski definition) is 7. The molecule has 0 aromatic carbocycles. The Kier molecular flexibility index (Phi) is 3.65. The quantitative estimate of drug-likeness (QED) is 0.838. The first-order valence-corrected chi connectivity index (χ1v) is 8.19. The molecule has 1 atom stereocenters. The van der Waals surface area contributed by atoms with Gasteiger partial charge in [0.1, 0.15) is 0 Å². The Morgan fingerprint density at radius 3 is 2.77 bits per heavy atom. The number of aromatic nitrogens is 4. The molecule has 0 spiro atoms. The van der Waals surface area contributed by atoms with E-state index in [1.54, 1.807) is 0 Å². The molecule has 2 aliphatic rings. The van der Waals surface area contributed by atoms with Crippen molar-refractivity contribution in [2.24, 2.45) is 0 Å². The maximum absolute atomic E-state index is 5.61. The van der Waals surface area contributed by atoms with Gasteiger partial charge in [-0.2, -0.15) is 4.98 Å². The average molecular weight is 303 g/mol. The van der Waals surface area contributed by atoms with E-state index in [2.05, 4.69) is 25.2 Å². The van der Waals surface area contributed by atoms with Gasteiger partial charge in [0.05, 0.1) is 6.54 Å². The van der Waals surface area contributed by atoms with Gasteiger partial charge < -0.3 is 8.94 Å². The molecule has 2 aromatic rings. The molecule has 0 amide bonds. The van der Waals surface area contributed by atoms with Gasteiger partial charge in [0.15, 0.2) is 5.82 Å². The molecule has 1 saturated heterocycles. The van der Waals surface area contributed by atoms with E-state index in [0.29, 0.717) is 30.2 Å². The van der Waals surface area contributed by atoms with Crippen LogP contribution < -0.4 is 0 Å². The number of nitrogens with zero attached hydrogens (tertiary/aromatic N) is 5. The van der Waals surface area contributed by atoms with Gasteiger partial charge in [-0.1, -0.05) is 12.1 Å². The van der Waals surface area contributed by atoms with Crippen LogP contribution >= 0.6 is 0 Å². The molecule has 0 N–H and O–H groups in total. The van der Waals surface area contributed by atoms with Crippen LogP contribution in [0.4, 0.5) is 0 Å². The van der Waals surface area contributed by atoms with Crippen LogP contribution in [0.2, 0.25) is 0 Å². The van der Waals surface area contributed by atoms with Gasteiger partial charge in [0, 0.05) is 24.8 Å². The van der Waals surface area contributed by atoms with Crippen molar-refractivity contribution in [3.05, 3.63) is 23.5 Å². The molecule has 0 radical (unpaired) electrons. The molecule has 7 nitrogen and oxygen atoms in total. The summed E-state index contributed by atoms with van der Waals surface area (Å²) < 4.78 is 11.0. The van der Waals surface area contributed by atoms with Crippen molar-refractivity contribution in [2.75, 3.05) is 13.1 Å². The topological polar surface area (TPSA) is 81.1 Å². The van der Waals surface area contributed by atoms with Crippen molar-refractivity contribution in [1.29, 1.82) is 0 Å². The molecule has 2 fully saturated rings. The highest BCUT2D eigenvalue weighted by Crippen LogP contribution is 2.39. The zero-order valence-electron chi connectivity index (χ0n) is 12.9. The molecule has 22 heavy (non-hydrogen) atoms. The van der Waals surface area contributed by atoms with Crippen LogP contribution in [0.15, 0.2) is 8.94 Å². The SMILES string of the molecule is CCc1nnc(CN2CCC[C@H](c3noc(C4CC4)n3)C2)o1. The summed E-state index contributed by atoms with van der Waals surface area (Å²) in [6.07, 6.45) is 5.41. The molecule has 7 heteroatoms. The van der Waals surface area contributed by atoms with Crippen LogP contribution in [0.3, 0.4) is 0 Å². The minimum atomic E-state index is 0.346. The summed E-state index contributed by atoms with van der Waals surface area (Å²) in [7, 11) is 0. The largest absolute Gasteiger partial charge is 0.424 e. The van der Waals surface area contributed by atoms with Gasteiger partial charge in [-0.25, -0.2) is 0 Å². The second kappa shape index (κ2) is 5.79. The van der Waals surface area contributed by atoms with Crippen molar-refractivity contribution in [3.63, 3.8) is 0 Å². The fourth-order valence-electron chi connectivity index (χ4n) is 3.01. The van der Waals surface area contributed by atoms with Crippen LogP contribution in [0, 0.1) is 0 Å². The summed E-state index contributed by atoms with van der Waals surface area (Å²) in [6.45, 7) is 4.69. The fraction of sp³-hybridized carbons (Fsp3) is 0.733. The maximum atomic E-state index is 5.61. The number of rotatable bonds is 5. The molecular formula is C15H21N5O2.